The van der Waals surface area contributed by atoms with Crippen LogP contribution in [0.1, 0.15) is 27.8 Å². The first-order valence-electron chi connectivity index (χ1n) is 10.4. The standard InChI is InChI=1S/C24H29N5O4/c1-12-8-7-9-17(14(12)3)29-22(26)21(23(31)28(6)24(29)32)27-19(30)11-33-18-10-13(2)20(25)16(5)15(18)4/h7-10H,11,25-26H2,1-6H3,(H,27,30). The molecule has 1 aromatic heterocycles. The highest BCUT2D eigenvalue weighted by Gasteiger charge is 2.20. The monoisotopic (exact) mass is 451 g/mol. The van der Waals surface area contributed by atoms with Crippen LogP contribution in [0.25, 0.3) is 5.69 Å². The first-order chi connectivity index (χ1) is 15.5. The molecule has 1 amide bonds. The van der Waals surface area contributed by atoms with Gasteiger partial charge in [-0.25, -0.2) is 9.36 Å². The Balaban J connectivity index is 1.96. The van der Waals surface area contributed by atoms with Crippen molar-refractivity contribution in [2.24, 2.45) is 7.05 Å². The molecule has 0 atom stereocenters. The second kappa shape index (κ2) is 8.85. The van der Waals surface area contributed by atoms with E-state index in [2.05, 4.69) is 5.32 Å². The van der Waals surface area contributed by atoms with E-state index >= 15 is 0 Å². The Labute approximate surface area is 191 Å². The average Bonchev–Trinajstić information content (AvgIpc) is 2.78. The van der Waals surface area contributed by atoms with Crippen LogP contribution in [0.4, 0.5) is 17.2 Å². The van der Waals surface area contributed by atoms with Crippen LogP contribution < -0.4 is 32.8 Å². The first kappa shape index (κ1) is 23.6. The van der Waals surface area contributed by atoms with E-state index in [1.807, 2.05) is 40.7 Å². The summed E-state index contributed by atoms with van der Waals surface area (Å²) in [6, 6.07) is 7.19. The second-order valence-corrected chi connectivity index (χ2v) is 8.15. The lowest BCUT2D eigenvalue weighted by Gasteiger charge is -2.18. The van der Waals surface area contributed by atoms with Crippen molar-refractivity contribution in [1.82, 2.24) is 9.13 Å². The summed E-state index contributed by atoms with van der Waals surface area (Å²) in [7, 11) is 1.33. The zero-order valence-corrected chi connectivity index (χ0v) is 19.7. The van der Waals surface area contributed by atoms with Crippen LogP contribution in [0.5, 0.6) is 5.75 Å². The topological polar surface area (TPSA) is 134 Å². The van der Waals surface area contributed by atoms with Gasteiger partial charge in [0.05, 0.1) is 5.69 Å². The van der Waals surface area contributed by atoms with E-state index in [1.165, 1.54) is 11.6 Å². The fourth-order valence-corrected chi connectivity index (χ4v) is 3.59. The number of nitrogens with one attached hydrogen (secondary N) is 1. The maximum absolute atomic E-state index is 12.9. The molecule has 33 heavy (non-hydrogen) atoms. The normalized spacial score (nSPS) is 10.8. The number of hydrogen-bond acceptors (Lipinski definition) is 6. The summed E-state index contributed by atoms with van der Waals surface area (Å²) >= 11 is 0. The lowest BCUT2D eigenvalue weighted by molar-refractivity contribution is -0.118. The van der Waals surface area contributed by atoms with Gasteiger partial charge in [-0.1, -0.05) is 12.1 Å². The first-order valence-corrected chi connectivity index (χ1v) is 10.4. The van der Waals surface area contributed by atoms with Gasteiger partial charge in [-0.3, -0.25) is 14.2 Å². The molecule has 0 bridgehead atoms. The molecule has 0 aliphatic carbocycles. The Morgan fingerprint density at radius 1 is 1.00 bits per heavy atom. The molecule has 0 spiro atoms. The van der Waals surface area contributed by atoms with Crippen molar-refractivity contribution in [2.75, 3.05) is 23.4 Å². The number of ether oxygens (including phenoxy) is 1. The van der Waals surface area contributed by atoms with Crippen molar-refractivity contribution < 1.29 is 9.53 Å². The maximum atomic E-state index is 12.9. The number of nitrogens with two attached hydrogens (primary N) is 2. The molecular weight excluding hydrogens is 422 g/mol. The molecule has 9 heteroatoms. The van der Waals surface area contributed by atoms with Crippen LogP contribution in [0.2, 0.25) is 0 Å². The fraction of sp³-hybridized carbons (Fsp3) is 0.292. The molecule has 0 aliphatic rings. The molecule has 2 aromatic carbocycles. The highest BCUT2D eigenvalue weighted by Crippen LogP contribution is 2.29. The largest absolute Gasteiger partial charge is 0.483 e. The quantitative estimate of drug-likeness (QED) is 0.510. The van der Waals surface area contributed by atoms with Gasteiger partial charge in [0.1, 0.15) is 17.3 Å². The van der Waals surface area contributed by atoms with Crippen molar-refractivity contribution in [3.05, 3.63) is 72.9 Å². The van der Waals surface area contributed by atoms with Gasteiger partial charge in [-0.05, 0) is 74.6 Å². The van der Waals surface area contributed by atoms with Gasteiger partial charge in [0.2, 0.25) is 0 Å². The van der Waals surface area contributed by atoms with E-state index in [1.54, 1.807) is 18.2 Å². The molecule has 3 aromatic rings. The van der Waals surface area contributed by atoms with Crippen LogP contribution in [-0.2, 0) is 11.8 Å². The van der Waals surface area contributed by atoms with E-state index in [-0.39, 0.29) is 18.1 Å². The molecule has 0 aliphatic heterocycles. The SMILES string of the molecule is Cc1cccc(-n2c(N)c(NC(=O)COc3cc(C)c(N)c(C)c3C)c(=O)n(C)c2=O)c1C. The molecule has 0 saturated carbocycles. The number of carbonyl (C=O) groups is 1. The molecule has 174 valence electrons. The Kier molecular flexibility index (Phi) is 6.34. The number of nitrogens with zero attached hydrogens (tertiary/aromatic N) is 2. The van der Waals surface area contributed by atoms with Crippen LogP contribution in [0.3, 0.4) is 0 Å². The van der Waals surface area contributed by atoms with Crippen molar-refractivity contribution in [1.29, 1.82) is 0 Å². The van der Waals surface area contributed by atoms with Crippen LogP contribution >= 0.6 is 0 Å². The number of aromatic nitrogens is 2. The Hall–Kier alpha value is -4.01. The van der Waals surface area contributed by atoms with Gasteiger partial charge in [0.15, 0.2) is 6.61 Å². The summed E-state index contributed by atoms with van der Waals surface area (Å²) in [5.41, 5.74) is 16.3. The number of rotatable bonds is 5. The third-order valence-electron chi connectivity index (χ3n) is 6.04. The molecular formula is C24H29N5O4. The number of nitrogen functional groups attached to an aromatic ring is 2. The Morgan fingerprint density at radius 2 is 1.67 bits per heavy atom. The molecule has 0 saturated heterocycles. The number of amides is 1. The highest BCUT2D eigenvalue weighted by atomic mass is 16.5. The van der Waals surface area contributed by atoms with E-state index < -0.39 is 17.2 Å². The van der Waals surface area contributed by atoms with E-state index in [0.717, 1.165) is 32.4 Å². The van der Waals surface area contributed by atoms with Crippen LogP contribution in [-0.4, -0.2) is 21.6 Å². The third-order valence-corrected chi connectivity index (χ3v) is 6.04. The second-order valence-electron chi connectivity index (χ2n) is 8.15. The minimum Gasteiger partial charge on any atom is -0.483 e. The van der Waals surface area contributed by atoms with Gasteiger partial charge < -0.3 is 21.5 Å². The summed E-state index contributed by atoms with van der Waals surface area (Å²) in [5, 5.41) is 2.51. The van der Waals surface area contributed by atoms with Gasteiger partial charge in [0, 0.05) is 12.7 Å². The van der Waals surface area contributed by atoms with Gasteiger partial charge in [-0.2, -0.15) is 0 Å². The summed E-state index contributed by atoms with van der Waals surface area (Å²) in [6.45, 7) is 9.00. The van der Waals surface area contributed by atoms with E-state index in [4.69, 9.17) is 16.2 Å². The minimum atomic E-state index is -0.706. The Bertz CT molecular complexity index is 1390. The zero-order valence-electron chi connectivity index (χ0n) is 19.7. The van der Waals surface area contributed by atoms with E-state index in [0.29, 0.717) is 17.1 Å². The maximum Gasteiger partial charge on any atom is 0.337 e. The highest BCUT2D eigenvalue weighted by molar-refractivity contribution is 5.94. The summed E-state index contributed by atoms with van der Waals surface area (Å²) in [5.74, 6) is -0.215. The van der Waals surface area contributed by atoms with Gasteiger partial charge in [-0.15, -0.1) is 0 Å². The Morgan fingerprint density at radius 3 is 2.33 bits per heavy atom. The number of anilines is 3. The van der Waals surface area contributed by atoms with Gasteiger partial charge >= 0.3 is 5.69 Å². The smallest absolute Gasteiger partial charge is 0.337 e. The van der Waals surface area contributed by atoms with E-state index in [9.17, 15) is 14.4 Å². The minimum absolute atomic E-state index is 0.152. The molecule has 0 fully saturated rings. The third kappa shape index (κ3) is 4.21. The molecule has 0 radical (unpaired) electrons. The lowest BCUT2D eigenvalue weighted by atomic mass is 10.0. The van der Waals surface area contributed by atoms with Crippen LogP contribution in [0.15, 0.2) is 33.9 Å². The fourth-order valence-electron chi connectivity index (χ4n) is 3.59. The number of aryl methyl sites for hydroxylation is 2. The summed E-state index contributed by atoms with van der Waals surface area (Å²) in [6.07, 6.45) is 0. The number of benzene rings is 2. The van der Waals surface area contributed by atoms with Crippen LogP contribution in [0, 0.1) is 34.6 Å². The van der Waals surface area contributed by atoms with Crippen molar-refractivity contribution in [3.8, 4) is 11.4 Å². The molecule has 9 nitrogen and oxygen atoms in total. The summed E-state index contributed by atoms with van der Waals surface area (Å²) < 4.78 is 7.81. The molecule has 1 heterocycles. The van der Waals surface area contributed by atoms with Crippen molar-refractivity contribution in [2.45, 2.75) is 34.6 Å². The number of hydrogen-bond donors (Lipinski definition) is 3. The molecule has 0 unspecified atom stereocenters. The van der Waals surface area contributed by atoms with Crippen molar-refractivity contribution >= 4 is 23.1 Å². The predicted octanol–water partition coefficient (Wildman–Crippen LogP) is 2.26. The average molecular weight is 452 g/mol. The summed E-state index contributed by atoms with van der Waals surface area (Å²) in [4.78, 5) is 38.2. The van der Waals surface area contributed by atoms with Gasteiger partial charge in [0.25, 0.3) is 11.5 Å². The zero-order chi connectivity index (χ0) is 24.6. The predicted molar refractivity (Wildman–Crippen MR) is 130 cm³/mol. The molecule has 3 rings (SSSR count). The van der Waals surface area contributed by atoms with Crippen molar-refractivity contribution in [3.63, 3.8) is 0 Å². The number of carbonyl (C=O) groups excluding carboxylic acids is 1. The lowest BCUT2D eigenvalue weighted by Crippen LogP contribution is -2.41. The molecule has 5 N–H and O–H groups in total.